The molecule has 0 radical (unpaired) electrons. The summed E-state index contributed by atoms with van der Waals surface area (Å²) >= 11 is 0. The fourth-order valence-corrected chi connectivity index (χ4v) is 0.841. The minimum absolute atomic E-state index is 0.163. The standard InChI is InChI=1S/C11H18O/c1-2-3-4-5-6-7-8-9-10-11-12/h6-7,12H,2-5,10-11H2,1H3/b7-6-. The highest BCUT2D eigenvalue weighted by Gasteiger charge is 1.79. The van der Waals surface area contributed by atoms with Gasteiger partial charge in [-0.25, -0.2) is 0 Å². The summed E-state index contributed by atoms with van der Waals surface area (Å²) in [7, 11) is 0. The minimum Gasteiger partial charge on any atom is -0.395 e. The van der Waals surface area contributed by atoms with Crippen molar-refractivity contribution in [2.24, 2.45) is 0 Å². The van der Waals surface area contributed by atoms with Crippen LogP contribution in [-0.4, -0.2) is 11.7 Å². The number of hydrogen-bond donors (Lipinski definition) is 1. The van der Waals surface area contributed by atoms with Gasteiger partial charge in [0.05, 0.1) is 6.61 Å². The monoisotopic (exact) mass is 166 g/mol. The molecule has 0 bridgehead atoms. The van der Waals surface area contributed by atoms with Crippen molar-refractivity contribution in [2.75, 3.05) is 6.61 Å². The molecule has 0 unspecified atom stereocenters. The Labute approximate surface area is 75.5 Å². The maximum absolute atomic E-state index is 8.41. The first kappa shape index (κ1) is 11.3. The van der Waals surface area contributed by atoms with Gasteiger partial charge in [0.15, 0.2) is 0 Å². The summed E-state index contributed by atoms with van der Waals surface area (Å²) in [5.41, 5.74) is 0. The van der Waals surface area contributed by atoms with Crippen LogP contribution in [0.3, 0.4) is 0 Å². The molecule has 12 heavy (non-hydrogen) atoms. The molecule has 0 heterocycles. The molecular weight excluding hydrogens is 148 g/mol. The number of aliphatic hydroxyl groups excluding tert-OH is 1. The SMILES string of the molecule is CCCCC/C=C\C#CCCO. The second-order valence-electron chi connectivity index (χ2n) is 2.69. The summed E-state index contributed by atoms with van der Waals surface area (Å²) in [5.74, 6) is 5.71. The molecule has 0 saturated carbocycles. The van der Waals surface area contributed by atoms with Crippen LogP contribution >= 0.6 is 0 Å². The Bertz CT molecular complexity index is 160. The largest absolute Gasteiger partial charge is 0.395 e. The molecule has 0 atom stereocenters. The fourth-order valence-electron chi connectivity index (χ4n) is 0.841. The van der Waals surface area contributed by atoms with Crippen molar-refractivity contribution in [3.63, 3.8) is 0 Å². The molecule has 0 aliphatic rings. The molecule has 0 aromatic rings. The molecule has 0 fully saturated rings. The molecule has 1 N–H and O–H groups in total. The van der Waals surface area contributed by atoms with Gasteiger partial charge < -0.3 is 5.11 Å². The maximum atomic E-state index is 8.41. The van der Waals surface area contributed by atoms with E-state index < -0.39 is 0 Å². The van der Waals surface area contributed by atoms with Crippen LogP contribution in [0.1, 0.15) is 39.0 Å². The van der Waals surface area contributed by atoms with Crippen LogP contribution in [0, 0.1) is 11.8 Å². The molecular formula is C11H18O. The van der Waals surface area contributed by atoms with Crippen molar-refractivity contribution in [1.29, 1.82) is 0 Å². The highest BCUT2D eigenvalue weighted by molar-refractivity contribution is 5.14. The Kier molecular flexibility index (Phi) is 9.63. The third kappa shape index (κ3) is 9.26. The summed E-state index contributed by atoms with van der Waals surface area (Å²) < 4.78 is 0. The van der Waals surface area contributed by atoms with Crippen LogP contribution in [0.5, 0.6) is 0 Å². The van der Waals surface area contributed by atoms with Gasteiger partial charge in [0.1, 0.15) is 0 Å². The van der Waals surface area contributed by atoms with Crippen molar-refractivity contribution in [3.05, 3.63) is 12.2 Å². The van der Waals surface area contributed by atoms with Crippen LogP contribution in [0.2, 0.25) is 0 Å². The summed E-state index contributed by atoms with van der Waals surface area (Å²) in [6.07, 6.45) is 9.51. The van der Waals surface area contributed by atoms with Crippen molar-refractivity contribution in [3.8, 4) is 11.8 Å². The normalized spacial score (nSPS) is 9.83. The van der Waals surface area contributed by atoms with E-state index in [9.17, 15) is 0 Å². The van der Waals surface area contributed by atoms with Crippen molar-refractivity contribution in [2.45, 2.75) is 39.0 Å². The van der Waals surface area contributed by atoms with Gasteiger partial charge in [-0.2, -0.15) is 0 Å². The van der Waals surface area contributed by atoms with E-state index in [1.54, 1.807) is 0 Å². The van der Waals surface area contributed by atoms with Gasteiger partial charge in [-0.05, 0) is 18.9 Å². The minimum atomic E-state index is 0.163. The number of allylic oxidation sites excluding steroid dienone is 2. The molecule has 0 aliphatic carbocycles. The average molecular weight is 166 g/mol. The van der Waals surface area contributed by atoms with Crippen molar-refractivity contribution < 1.29 is 5.11 Å². The summed E-state index contributed by atoms with van der Waals surface area (Å²) in [4.78, 5) is 0. The van der Waals surface area contributed by atoms with Crippen molar-refractivity contribution in [1.82, 2.24) is 0 Å². The van der Waals surface area contributed by atoms with E-state index in [4.69, 9.17) is 5.11 Å². The molecule has 0 rings (SSSR count). The third-order valence-corrected chi connectivity index (χ3v) is 1.51. The number of hydrogen-bond acceptors (Lipinski definition) is 1. The Morgan fingerprint density at radius 2 is 2.17 bits per heavy atom. The molecule has 0 aliphatic heterocycles. The molecule has 1 nitrogen and oxygen atoms in total. The quantitative estimate of drug-likeness (QED) is 0.491. The lowest BCUT2D eigenvalue weighted by atomic mass is 10.2. The van der Waals surface area contributed by atoms with Crippen LogP contribution in [0.15, 0.2) is 12.2 Å². The first-order valence-corrected chi connectivity index (χ1v) is 4.66. The smallest absolute Gasteiger partial charge is 0.0540 e. The zero-order valence-electron chi connectivity index (χ0n) is 7.84. The maximum Gasteiger partial charge on any atom is 0.0540 e. The van der Waals surface area contributed by atoms with E-state index in [0.29, 0.717) is 6.42 Å². The van der Waals surface area contributed by atoms with Gasteiger partial charge in [-0.15, -0.1) is 0 Å². The summed E-state index contributed by atoms with van der Waals surface area (Å²) in [6.45, 7) is 2.36. The van der Waals surface area contributed by atoms with Gasteiger partial charge in [-0.3, -0.25) is 0 Å². The van der Waals surface area contributed by atoms with E-state index >= 15 is 0 Å². The molecule has 0 aromatic carbocycles. The van der Waals surface area contributed by atoms with E-state index in [1.807, 2.05) is 6.08 Å². The van der Waals surface area contributed by atoms with Crippen LogP contribution in [0.25, 0.3) is 0 Å². The lowest BCUT2D eigenvalue weighted by molar-refractivity contribution is 0.305. The Hall–Kier alpha value is -0.740. The van der Waals surface area contributed by atoms with Crippen molar-refractivity contribution >= 4 is 0 Å². The second-order valence-corrected chi connectivity index (χ2v) is 2.69. The van der Waals surface area contributed by atoms with E-state index in [-0.39, 0.29) is 6.61 Å². The summed E-state index contributed by atoms with van der Waals surface area (Å²) in [5, 5.41) is 8.41. The molecule has 0 spiro atoms. The van der Waals surface area contributed by atoms with Crippen LogP contribution in [-0.2, 0) is 0 Å². The highest BCUT2D eigenvalue weighted by Crippen LogP contribution is 1.98. The van der Waals surface area contributed by atoms with Gasteiger partial charge >= 0.3 is 0 Å². The van der Waals surface area contributed by atoms with Gasteiger partial charge in [-0.1, -0.05) is 37.7 Å². The van der Waals surface area contributed by atoms with Gasteiger partial charge in [0.25, 0.3) is 0 Å². The first-order chi connectivity index (χ1) is 5.91. The molecule has 1 heteroatoms. The van der Waals surface area contributed by atoms with Crippen LogP contribution in [0.4, 0.5) is 0 Å². The predicted molar refractivity (Wildman–Crippen MR) is 52.8 cm³/mol. The van der Waals surface area contributed by atoms with Gasteiger partial charge in [0.2, 0.25) is 0 Å². The molecule has 0 amide bonds. The predicted octanol–water partition coefficient (Wildman–Crippen LogP) is 2.51. The highest BCUT2D eigenvalue weighted by atomic mass is 16.2. The lowest BCUT2D eigenvalue weighted by Crippen LogP contribution is -1.74. The zero-order chi connectivity index (χ0) is 9.07. The Morgan fingerprint density at radius 3 is 2.83 bits per heavy atom. The topological polar surface area (TPSA) is 20.2 Å². The van der Waals surface area contributed by atoms with Gasteiger partial charge in [0, 0.05) is 6.42 Å². The zero-order valence-corrected chi connectivity index (χ0v) is 7.84. The lowest BCUT2D eigenvalue weighted by Gasteiger charge is -1.89. The fraction of sp³-hybridized carbons (Fsp3) is 0.636. The Balaban J connectivity index is 3.20. The molecule has 0 aromatic heterocycles. The average Bonchev–Trinajstić information content (AvgIpc) is 2.10. The molecule has 68 valence electrons. The van der Waals surface area contributed by atoms with E-state index in [2.05, 4.69) is 24.8 Å². The number of rotatable bonds is 5. The third-order valence-electron chi connectivity index (χ3n) is 1.51. The molecule has 0 saturated heterocycles. The Morgan fingerprint density at radius 1 is 1.33 bits per heavy atom. The number of unbranched alkanes of at least 4 members (excludes halogenated alkanes) is 3. The van der Waals surface area contributed by atoms with Crippen LogP contribution < -0.4 is 0 Å². The van der Waals surface area contributed by atoms with E-state index in [0.717, 1.165) is 6.42 Å². The van der Waals surface area contributed by atoms with E-state index in [1.165, 1.54) is 19.3 Å². The number of aliphatic hydroxyl groups is 1. The second kappa shape index (κ2) is 10.3. The first-order valence-electron chi connectivity index (χ1n) is 4.66. The summed E-state index contributed by atoms with van der Waals surface area (Å²) in [6, 6.07) is 0.